The predicted octanol–water partition coefficient (Wildman–Crippen LogP) is 4.84. The van der Waals surface area contributed by atoms with E-state index in [-0.39, 0.29) is 5.91 Å². The van der Waals surface area contributed by atoms with Crippen LogP contribution < -0.4 is 10.2 Å². The number of rotatable bonds is 3. The van der Waals surface area contributed by atoms with Crippen LogP contribution in [0.1, 0.15) is 41.4 Å². The first-order valence-corrected chi connectivity index (χ1v) is 9.11. The van der Waals surface area contributed by atoms with Crippen molar-refractivity contribution in [2.75, 3.05) is 23.3 Å². The molecule has 0 atom stereocenters. The highest BCUT2D eigenvalue weighted by molar-refractivity contribution is 6.34. The predicted molar refractivity (Wildman–Crippen MR) is 104 cm³/mol. The smallest absolute Gasteiger partial charge is 0.274 e. The van der Waals surface area contributed by atoms with Crippen LogP contribution in [-0.2, 0) is 0 Å². The van der Waals surface area contributed by atoms with Gasteiger partial charge in [-0.05, 0) is 61.9 Å². The van der Waals surface area contributed by atoms with E-state index in [9.17, 15) is 4.79 Å². The number of benzene rings is 1. The Labute approximate surface area is 154 Å². The van der Waals surface area contributed by atoms with Crippen LogP contribution >= 0.6 is 11.6 Å². The normalized spacial score (nSPS) is 15.3. The lowest BCUT2D eigenvalue weighted by molar-refractivity contribution is 0.102. The summed E-state index contributed by atoms with van der Waals surface area (Å²) >= 11 is 6.29. The SMILES string of the molecule is Cc1cc(C)c(NC(=O)c2cc(N3CCC(C)CC3)ccn2)c(Cl)c1. The minimum Gasteiger partial charge on any atom is -0.371 e. The van der Waals surface area contributed by atoms with Gasteiger partial charge in [-0.1, -0.05) is 24.6 Å². The molecule has 1 fully saturated rings. The number of halogens is 1. The van der Waals surface area contributed by atoms with Gasteiger partial charge in [0.15, 0.2) is 0 Å². The van der Waals surface area contributed by atoms with Gasteiger partial charge in [0.05, 0.1) is 10.7 Å². The number of nitrogens with one attached hydrogen (secondary N) is 1. The number of nitrogens with zero attached hydrogens (tertiary/aromatic N) is 2. The molecule has 1 aliphatic heterocycles. The third-order valence-corrected chi connectivity index (χ3v) is 5.09. The molecule has 2 aromatic rings. The Morgan fingerprint density at radius 1 is 1.24 bits per heavy atom. The quantitative estimate of drug-likeness (QED) is 0.854. The van der Waals surface area contributed by atoms with Gasteiger partial charge in [-0.15, -0.1) is 0 Å². The second-order valence-corrected chi connectivity index (χ2v) is 7.37. The standard InChI is InChI=1S/C20H24ClN3O/c1-13-5-8-24(9-6-13)16-4-7-22-18(12-16)20(25)23-19-15(3)10-14(2)11-17(19)21/h4,7,10-13H,5-6,8-9H2,1-3H3,(H,23,25). The third kappa shape index (κ3) is 4.13. The first kappa shape index (κ1) is 17.7. The third-order valence-electron chi connectivity index (χ3n) is 4.80. The molecule has 1 aromatic heterocycles. The molecule has 0 spiro atoms. The number of aryl methyl sites for hydroxylation is 2. The van der Waals surface area contributed by atoms with Gasteiger partial charge < -0.3 is 10.2 Å². The molecule has 132 valence electrons. The molecule has 0 unspecified atom stereocenters. The van der Waals surface area contributed by atoms with Gasteiger partial charge in [0, 0.05) is 25.0 Å². The lowest BCUT2D eigenvalue weighted by Gasteiger charge is -2.32. The van der Waals surface area contributed by atoms with E-state index in [1.165, 1.54) is 12.8 Å². The Morgan fingerprint density at radius 2 is 1.96 bits per heavy atom. The molecule has 2 heterocycles. The summed E-state index contributed by atoms with van der Waals surface area (Å²) in [5.41, 5.74) is 4.13. The fraction of sp³-hybridized carbons (Fsp3) is 0.400. The highest BCUT2D eigenvalue weighted by Gasteiger charge is 2.18. The Bertz CT molecular complexity index is 759. The van der Waals surface area contributed by atoms with Crippen molar-refractivity contribution in [2.24, 2.45) is 5.92 Å². The van der Waals surface area contributed by atoms with Crippen molar-refractivity contribution < 1.29 is 4.79 Å². The van der Waals surface area contributed by atoms with Crippen LogP contribution in [0.4, 0.5) is 11.4 Å². The van der Waals surface area contributed by atoms with E-state index in [4.69, 9.17) is 11.6 Å². The maximum atomic E-state index is 12.6. The van der Waals surface area contributed by atoms with Crippen LogP contribution in [0.15, 0.2) is 30.5 Å². The molecular formula is C20H24ClN3O. The zero-order valence-electron chi connectivity index (χ0n) is 15.0. The summed E-state index contributed by atoms with van der Waals surface area (Å²) in [6.45, 7) is 8.25. The molecule has 0 saturated carbocycles. The molecule has 25 heavy (non-hydrogen) atoms. The van der Waals surface area contributed by atoms with Crippen LogP contribution in [-0.4, -0.2) is 24.0 Å². The van der Waals surface area contributed by atoms with Gasteiger partial charge in [0.1, 0.15) is 5.69 Å². The number of carbonyl (C=O) groups excluding carboxylic acids is 1. The number of hydrogen-bond donors (Lipinski definition) is 1. The van der Waals surface area contributed by atoms with E-state index < -0.39 is 0 Å². The summed E-state index contributed by atoms with van der Waals surface area (Å²) in [4.78, 5) is 19.2. The summed E-state index contributed by atoms with van der Waals surface area (Å²) in [6, 6.07) is 7.68. The number of piperidine rings is 1. The van der Waals surface area contributed by atoms with E-state index in [1.807, 2.05) is 38.1 Å². The fourth-order valence-corrected chi connectivity index (χ4v) is 3.63. The molecule has 0 aliphatic carbocycles. The summed E-state index contributed by atoms with van der Waals surface area (Å²) < 4.78 is 0. The van der Waals surface area contributed by atoms with E-state index in [0.717, 1.165) is 35.8 Å². The van der Waals surface area contributed by atoms with Crippen LogP contribution in [0.3, 0.4) is 0 Å². The topological polar surface area (TPSA) is 45.2 Å². The molecule has 1 N–H and O–H groups in total. The van der Waals surface area contributed by atoms with E-state index >= 15 is 0 Å². The number of pyridine rings is 1. The van der Waals surface area contributed by atoms with E-state index in [2.05, 4.69) is 22.1 Å². The monoisotopic (exact) mass is 357 g/mol. The second kappa shape index (κ2) is 7.44. The minimum atomic E-state index is -0.235. The highest BCUT2D eigenvalue weighted by Crippen LogP contribution is 2.28. The molecule has 1 aromatic carbocycles. The second-order valence-electron chi connectivity index (χ2n) is 6.96. The van der Waals surface area contributed by atoms with Gasteiger partial charge in [-0.3, -0.25) is 9.78 Å². The maximum Gasteiger partial charge on any atom is 0.274 e. The number of amides is 1. The Balaban J connectivity index is 1.78. The average Bonchev–Trinajstić information content (AvgIpc) is 2.58. The molecule has 0 radical (unpaired) electrons. The first-order valence-electron chi connectivity index (χ1n) is 8.73. The molecule has 1 amide bonds. The molecule has 1 saturated heterocycles. The Kier molecular flexibility index (Phi) is 5.28. The molecule has 5 heteroatoms. The summed E-state index contributed by atoms with van der Waals surface area (Å²) in [7, 11) is 0. The number of hydrogen-bond acceptors (Lipinski definition) is 3. The molecule has 0 bridgehead atoms. The Morgan fingerprint density at radius 3 is 2.64 bits per heavy atom. The van der Waals surface area contributed by atoms with Crippen LogP contribution in [0.25, 0.3) is 0 Å². The molecular weight excluding hydrogens is 334 g/mol. The van der Waals surface area contributed by atoms with Gasteiger partial charge in [0.2, 0.25) is 0 Å². The molecule has 3 rings (SSSR count). The minimum absolute atomic E-state index is 0.235. The fourth-order valence-electron chi connectivity index (χ4n) is 3.26. The summed E-state index contributed by atoms with van der Waals surface area (Å²) in [6.07, 6.45) is 4.07. The van der Waals surface area contributed by atoms with Gasteiger partial charge >= 0.3 is 0 Å². The number of aromatic nitrogens is 1. The van der Waals surface area contributed by atoms with Crippen molar-refractivity contribution in [3.8, 4) is 0 Å². The van der Waals surface area contributed by atoms with E-state index in [0.29, 0.717) is 16.4 Å². The van der Waals surface area contributed by atoms with Gasteiger partial charge in [-0.2, -0.15) is 0 Å². The number of anilines is 2. The highest BCUT2D eigenvalue weighted by atomic mass is 35.5. The van der Waals surface area contributed by atoms with Crippen LogP contribution in [0.2, 0.25) is 5.02 Å². The van der Waals surface area contributed by atoms with Gasteiger partial charge in [0.25, 0.3) is 5.91 Å². The maximum absolute atomic E-state index is 12.6. The van der Waals surface area contributed by atoms with Crippen molar-refractivity contribution in [3.05, 3.63) is 52.3 Å². The zero-order chi connectivity index (χ0) is 18.0. The molecule has 4 nitrogen and oxygen atoms in total. The van der Waals surface area contributed by atoms with Crippen molar-refractivity contribution in [2.45, 2.75) is 33.6 Å². The van der Waals surface area contributed by atoms with Crippen molar-refractivity contribution in [1.29, 1.82) is 0 Å². The average molecular weight is 358 g/mol. The molecule has 1 aliphatic rings. The Hall–Kier alpha value is -2.07. The van der Waals surface area contributed by atoms with Crippen molar-refractivity contribution in [1.82, 2.24) is 4.98 Å². The number of carbonyl (C=O) groups is 1. The summed E-state index contributed by atoms with van der Waals surface area (Å²) in [5.74, 6) is 0.536. The van der Waals surface area contributed by atoms with Gasteiger partial charge in [-0.25, -0.2) is 0 Å². The lowest BCUT2D eigenvalue weighted by atomic mass is 9.99. The van der Waals surface area contributed by atoms with Crippen LogP contribution in [0, 0.1) is 19.8 Å². The zero-order valence-corrected chi connectivity index (χ0v) is 15.7. The largest absolute Gasteiger partial charge is 0.371 e. The summed E-state index contributed by atoms with van der Waals surface area (Å²) in [5, 5.41) is 3.46. The van der Waals surface area contributed by atoms with Crippen molar-refractivity contribution >= 4 is 28.9 Å². The van der Waals surface area contributed by atoms with E-state index in [1.54, 1.807) is 6.20 Å². The first-order chi connectivity index (χ1) is 11.9. The van der Waals surface area contributed by atoms with Crippen LogP contribution in [0.5, 0.6) is 0 Å². The van der Waals surface area contributed by atoms with Crippen molar-refractivity contribution in [3.63, 3.8) is 0 Å². The lowest BCUT2D eigenvalue weighted by Crippen LogP contribution is -2.33.